The first kappa shape index (κ1) is 17.4. The summed E-state index contributed by atoms with van der Waals surface area (Å²) in [5.74, 6) is -0.133. The third-order valence-electron chi connectivity index (χ3n) is 4.28. The number of para-hydroxylation sites is 1. The van der Waals surface area contributed by atoms with Gasteiger partial charge in [-0.1, -0.05) is 53.7 Å². The molecule has 0 saturated heterocycles. The Kier molecular flexibility index (Phi) is 4.94. The number of H-pyrrole nitrogens is 1. The van der Waals surface area contributed by atoms with Crippen LogP contribution in [0.4, 0.5) is 0 Å². The maximum absolute atomic E-state index is 12.9. The summed E-state index contributed by atoms with van der Waals surface area (Å²) < 4.78 is 0. The van der Waals surface area contributed by atoms with Crippen LogP contribution in [0.3, 0.4) is 0 Å². The summed E-state index contributed by atoms with van der Waals surface area (Å²) in [6.45, 7) is 2.46. The van der Waals surface area contributed by atoms with E-state index in [1.807, 2.05) is 42.5 Å². The molecule has 4 aromatic rings. The Morgan fingerprint density at radius 2 is 1.81 bits per heavy atom. The average Bonchev–Trinajstić information content (AvgIpc) is 3.07. The number of pyridine rings is 1. The minimum absolute atomic E-state index is 0.133. The van der Waals surface area contributed by atoms with E-state index in [-0.39, 0.29) is 5.91 Å². The Morgan fingerprint density at radius 3 is 2.59 bits per heavy atom. The van der Waals surface area contributed by atoms with Crippen LogP contribution in [0.5, 0.6) is 0 Å². The molecule has 0 saturated carbocycles. The molecule has 0 bridgehead atoms. The van der Waals surface area contributed by atoms with Crippen molar-refractivity contribution >= 4 is 28.6 Å². The number of hydrogen-bond acceptors (Lipinski definition) is 3. The molecule has 4 nitrogen and oxygen atoms in total. The normalized spacial score (nSPS) is 10.9. The third-order valence-corrected chi connectivity index (χ3v) is 5.42. The van der Waals surface area contributed by atoms with Crippen LogP contribution >= 0.6 is 11.8 Å². The van der Waals surface area contributed by atoms with Gasteiger partial charge in [0.05, 0.1) is 17.1 Å². The summed E-state index contributed by atoms with van der Waals surface area (Å²) in [5.41, 5.74) is 3.58. The Labute approximate surface area is 162 Å². The summed E-state index contributed by atoms with van der Waals surface area (Å²) in [5, 5.41) is 4.01. The van der Waals surface area contributed by atoms with E-state index in [0.29, 0.717) is 12.2 Å². The highest BCUT2D eigenvalue weighted by Gasteiger charge is 2.18. The van der Waals surface area contributed by atoms with Crippen LogP contribution in [-0.4, -0.2) is 15.9 Å². The number of nitrogens with one attached hydrogen (secondary N) is 2. The number of rotatable bonds is 5. The monoisotopic (exact) mass is 373 g/mol. The molecule has 0 aliphatic rings. The number of amides is 1. The van der Waals surface area contributed by atoms with Crippen molar-refractivity contribution in [2.24, 2.45) is 0 Å². The standard InChI is InChI=1S/C22H19N3OS/c1-15-9-11-17(12-10-15)27-21-18-7-2-3-8-19(18)25-20(21)22(26)24-14-16-6-4-5-13-23-16/h2-13,25H,14H2,1H3,(H,24,26). The molecule has 134 valence electrons. The van der Waals surface area contributed by atoms with Crippen molar-refractivity contribution in [1.82, 2.24) is 15.3 Å². The minimum atomic E-state index is -0.133. The van der Waals surface area contributed by atoms with Gasteiger partial charge < -0.3 is 10.3 Å². The fraction of sp³-hybridized carbons (Fsp3) is 0.0909. The number of aryl methyl sites for hydroxylation is 1. The minimum Gasteiger partial charge on any atom is -0.350 e. The van der Waals surface area contributed by atoms with Crippen molar-refractivity contribution in [2.75, 3.05) is 0 Å². The number of hydrogen-bond donors (Lipinski definition) is 2. The maximum Gasteiger partial charge on any atom is 0.269 e. The van der Waals surface area contributed by atoms with Crippen LogP contribution in [-0.2, 0) is 6.54 Å². The zero-order chi connectivity index (χ0) is 18.6. The van der Waals surface area contributed by atoms with E-state index in [0.717, 1.165) is 26.4 Å². The molecular weight excluding hydrogens is 354 g/mol. The number of aromatic amines is 1. The van der Waals surface area contributed by atoms with Gasteiger partial charge in [0.1, 0.15) is 5.69 Å². The highest BCUT2D eigenvalue weighted by molar-refractivity contribution is 7.99. The number of nitrogens with zero attached hydrogens (tertiary/aromatic N) is 1. The summed E-state index contributed by atoms with van der Waals surface area (Å²) >= 11 is 1.60. The molecule has 0 radical (unpaired) electrons. The van der Waals surface area contributed by atoms with E-state index >= 15 is 0 Å². The zero-order valence-electron chi connectivity index (χ0n) is 14.9. The summed E-state index contributed by atoms with van der Waals surface area (Å²) in [4.78, 5) is 22.4. The second-order valence-corrected chi connectivity index (χ2v) is 7.38. The first-order valence-electron chi connectivity index (χ1n) is 8.74. The van der Waals surface area contributed by atoms with Crippen molar-refractivity contribution < 1.29 is 4.79 Å². The van der Waals surface area contributed by atoms with E-state index in [1.54, 1.807) is 18.0 Å². The molecule has 2 aromatic heterocycles. The van der Waals surface area contributed by atoms with Crippen molar-refractivity contribution in [3.05, 3.63) is 89.9 Å². The molecule has 4 rings (SSSR count). The molecule has 0 spiro atoms. The Morgan fingerprint density at radius 1 is 1.04 bits per heavy atom. The maximum atomic E-state index is 12.9. The Balaban J connectivity index is 1.64. The molecule has 0 fully saturated rings. The SMILES string of the molecule is Cc1ccc(Sc2c(C(=O)NCc3ccccn3)[nH]c3ccccc23)cc1. The molecule has 5 heteroatoms. The first-order chi connectivity index (χ1) is 13.2. The number of carbonyl (C=O) groups excluding carboxylic acids is 1. The van der Waals surface area contributed by atoms with Crippen LogP contribution in [0.25, 0.3) is 10.9 Å². The highest BCUT2D eigenvalue weighted by atomic mass is 32.2. The molecule has 1 amide bonds. The fourth-order valence-electron chi connectivity index (χ4n) is 2.87. The Bertz CT molecular complexity index is 1070. The lowest BCUT2D eigenvalue weighted by atomic mass is 10.2. The number of aromatic nitrogens is 2. The average molecular weight is 373 g/mol. The topological polar surface area (TPSA) is 57.8 Å². The van der Waals surface area contributed by atoms with E-state index in [4.69, 9.17) is 0 Å². The second kappa shape index (κ2) is 7.68. The van der Waals surface area contributed by atoms with Crippen LogP contribution in [0.2, 0.25) is 0 Å². The number of carbonyl (C=O) groups is 1. The molecule has 2 heterocycles. The molecular formula is C22H19N3OS. The van der Waals surface area contributed by atoms with E-state index in [1.165, 1.54) is 5.56 Å². The predicted octanol–water partition coefficient (Wildman–Crippen LogP) is 4.95. The van der Waals surface area contributed by atoms with Gasteiger partial charge in [-0.3, -0.25) is 9.78 Å². The van der Waals surface area contributed by atoms with Crippen molar-refractivity contribution in [3.63, 3.8) is 0 Å². The zero-order valence-corrected chi connectivity index (χ0v) is 15.7. The van der Waals surface area contributed by atoms with Crippen molar-refractivity contribution in [1.29, 1.82) is 0 Å². The fourth-order valence-corrected chi connectivity index (χ4v) is 3.91. The molecule has 2 aromatic carbocycles. The molecule has 27 heavy (non-hydrogen) atoms. The molecule has 0 aliphatic heterocycles. The smallest absolute Gasteiger partial charge is 0.269 e. The summed E-state index contributed by atoms with van der Waals surface area (Å²) in [6, 6.07) is 22.0. The molecule has 0 unspecified atom stereocenters. The van der Waals surface area contributed by atoms with Crippen LogP contribution < -0.4 is 5.32 Å². The molecule has 0 atom stereocenters. The lowest BCUT2D eigenvalue weighted by Gasteiger charge is -2.07. The largest absolute Gasteiger partial charge is 0.350 e. The summed E-state index contributed by atoms with van der Waals surface area (Å²) in [6.07, 6.45) is 1.73. The lowest BCUT2D eigenvalue weighted by molar-refractivity contribution is 0.0943. The van der Waals surface area contributed by atoms with E-state index in [9.17, 15) is 4.79 Å². The van der Waals surface area contributed by atoms with Gasteiger partial charge in [0.2, 0.25) is 0 Å². The molecule has 0 aliphatic carbocycles. The van der Waals surface area contributed by atoms with Gasteiger partial charge in [-0.2, -0.15) is 0 Å². The third kappa shape index (κ3) is 3.88. The van der Waals surface area contributed by atoms with Gasteiger partial charge in [-0.05, 0) is 37.3 Å². The van der Waals surface area contributed by atoms with Gasteiger partial charge in [0, 0.05) is 22.0 Å². The number of benzene rings is 2. The van der Waals surface area contributed by atoms with Gasteiger partial charge in [0.25, 0.3) is 5.91 Å². The van der Waals surface area contributed by atoms with Gasteiger partial charge >= 0.3 is 0 Å². The van der Waals surface area contributed by atoms with Crippen LogP contribution in [0.1, 0.15) is 21.7 Å². The van der Waals surface area contributed by atoms with Gasteiger partial charge in [0.15, 0.2) is 0 Å². The second-order valence-electron chi connectivity index (χ2n) is 6.29. The highest BCUT2D eigenvalue weighted by Crippen LogP contribution is 2.36. The van der Waals surface area contributed by atoms with Gasteiger partial charge in [-0.15, -0.1) is 0 Å². The van der Waals surface area contributed by atoms with E-state index < -0.39 is 0 Å². The van der Waals surface area contributed by atoms with Crippen LogP contribution in [0, 0.1) is 6.92 Å². The summed E-state index contributed by atoms with van der Waals surface area (Å²) in [7, 11) is 0. The predicted molar refractivity (Wildman–Crippen MR) is 109 cm³/mol. The van der Waals surface area contributed by atoms with Gasteiger partial charge in [-0.25, -0.2) is 0 Å². The van der Waals surface area contributed by atoms with Crippen LogP contribution in [0.15, 0.2) is 82.7 Å². The first-order valence-corrected chi connectivity index (χ1v) is 9.56. The Hall–Kier alpha value is -3.05. The lowest BCUT2D eigenvalue weighted by Crippen LogP contribution is -2.24. The van der Waals surface area contributed by atoms with Crippen molar-refractivity contribution in [2.45, 2.75) is 23.3 Å². The van der Waals surface area contributed by atoms with Crippen molar-refractivity contribution in [3.8, 4) is 0 Å². The number of fused-ring (bicyclic) bond motifs is 1. The molecule has 2 N–H and O–H groups in total. The van der Waals surface area contributed by atoms with E-state index in [2.05, 4.69) is 46.5 Å². The quantitative estimate of drug-likeness (QED) is 0.520.